The number of sulfonamides is 1. The molecular formula is C11H11N3O3S2. The number of carbonyl (C=O) groups excluding carboxylic acids is 1. The highest BCUT2D eigenvalue weighted by Gasteiger charge is 2.18. The van der Waals surface area contributed by atoms with Gasteiger partial charge in [-0.3, -0.25) is 9.52 Å². The first-order valence-electron chi connectivity index (χ1n) is 5.14. The Morgan fingerprint density at radius 1 is 1.26 bits per heavy atom. The lowest BCUT2D eigenvalue weighted by atomic mass is 10.2. The minimum absolute atomic E-state index is 0.0287. The van der Waals surface area contributed by atoms with Crippen molar-refractivity contribution < 1.29 is 13.2 Å². The van der Waals surface area contributed by atoms with Gasteiger partial charge in [-0.05, 0) is 29.6 Å². The third-order valence-electron chi connectivity index (χ3n) is 2.36. The Kier molecular flexibility index (Phi) is 3.45. The van der Waals surface area contributed by atoms with Gasteiger partial charge in [-0.1, -0.05) is 0 Å². The van der Waals surface area contributed by atoms with Gasteiger partial charge in [0.05, 0.1) is 11.4 Å². The van der Waals surface area contributed by atoms with E-state index in [1.54, 1.807) is 16.8 Å². The minimum atomic E-state index is -3.78. The van der Waals surface area contributed by atoms with E-state index in [2.05, 4.69) is 4.72 Å². The molecule has 0 saturated heterocycles. The van der Waals surface area contributed by atoms with Gasteiger partial charge in [-0.15, -0.1) is 0 Å². The van der Waals surface area contributed by atoms with E-state index in [4.69, 9.17) is 11.5 Å². The Balaban J connectivity index is 2.38. The van der Waals surface area contributed by atoms with Crippen molar-refractivity contribution in [3.8, 4) is 0 Å². The molecular weight excluding hydrogens is 286 g/mol. The van der Waals surface area contributed by atoms with E-state index in [0.717, 1.165) is 0 Å². The third-order valence-corrected chi connectivity index (χ3v) is 4.50. The van der Waals surface area contributed by atoms with Gasteiger partial charge in [0.25, 0.3) is 10.0 Å². The fourth-order valence-electron chi connectivity index (χ4n) is 1.48. The zero-order valence-electron chi connectivity index (χ0n) is 9.66. The van der Waals surface area contributed by atoms with Crippen LogP contribution in [0.5, 0.6) is 0 Å². The highest BCUT2D eigenvalue weighted by atomic mass is 32.2. The van der Waals surface area contributed by atoms with E-state index in [-0.39, 0.29) is 16.1 Å². The van der Waals surface area contributed by atoms with E-state index in [1.807, 2.05) is 0 Å². The molecule has 0 aliphatic carbocycles. The smallest absolute Gasteiger partial charge is 0.263 e. The molecule has 6 nitrogen and oxygen atoms in total. The number of nitrogen functional groups attached to an aromatic ring is 1. The van der Waals surface area contributed by atoms with Crippen molar-refractivity contribution >= 4 is 38.6 Å². The quantitative estimate of drug-likeness (QED) is 0.736. The molecule has 19 heavy (non-hydrogen) atoms. The molecule has 0 radical (unpaired) electrons. The van der Waals surface area contributed by atoms with Gasteiger partial charge in [0.2, 0.25) is 5.91 Å². The number of amides is 1. The van der Waals surface area contributed by atoms with Crippen LogP contribution in [0, 0.1) is 0 Å². The second-order valence-electron chi connectivity index (χ2n) is 3.73. The Morgan fingerprint density at radius 3 is 2.53 bits per heavy atom. The number of nitrogens with one attached hydrogen (secondary N) is 1. The standard InChI is InChI=1S/C11H11N3O3S2/c12-9-5-7(11(13)15)1-2-10(9)19(16,17)14-8-3-4-18-6-8/h1-6,14H,12H2,(H2,13,15). The van der Waals surface area contributed by atoms with Crippen molar-refractivity contribution in [2.24, 2.45) is 5.73 Å². The predicted octanol–water partition coefficient (Wildman–Crippen LogP) is 1.23. The molecule has 0 atom stereocenters. The van der Waals surface area contributed by atoms with Gasteiger partial charge >= 0.3 is 0 Å². The summed E-state index contributed by atoms with van der Waals surface area (Å²) in [5.74, 6) is -0.665. The summed E-state index contributed by atoms with van der Waals surface area (Å²) in [4.78, 5) is 10.9. The largest absolute Gasteiger partial charge is 0.398 e. The van der Waals surface area contributed by atoms with Gasteiger partial charge in [0, 0.05) is 10.9 Å². The summed E-state index contributed by atoms with van der Waals surface area (Å²) >= 11 is 1.37. The predicted molar refractivity (Wildman–Crippen MR) is 74.5 cm³/mol. The highest BCUT2D eigenvalue weighted by Crippen LogP contribution is 2.23. The summed E-state index contributed by atoms with van der Waals surface area (Å²) < 4.78 is 26.6. The van der Waals surface area contributed by atoms with E-state index < -0.39 is 15.9 Å². The maximum Gasteiger partial charge on any atom is 0.263 e. The zero-order valence-corrected chi connectivity index (χ0v) is 11.3. The number of hydrogen-bond acceptors (Lipinski definition) is 5. The first-order valence-corrected chi connectivity index (χ1v) is 7.57. The van der Waals surface area contributed by atoms with Crippen molar-refractivity contribution in [1.82, 2.24) is 0 Å². The second kappa shape index (κ2) is 4.90. The van der Waals surface area contributed by atoms with Gasteiger partial charge in [-0.25, -0.2) is 8.42 Å². The lowest BCUT2D eigenvalue weighted by Crippen LogP contribution is -2.16. The van der Waals surface area contributed by atoms with Crippen molar-refractivity contribution in [3.63, 3.8) is 0 Å². The molecule has 1 amide bonds. The van der Waals surface area contributed by atoms with Crippen LogP contribution in [0.3, 0.4) is 0 Å². The van der Waals surface area contributed by atoms with Crippen molar-refractivity contribution in [1.29, 1.82) is 0 Å². The van der Waals surface area contributed by atoms with E-state index >= 15 is 0 Å². The van der Waals surface area contributed by atoms with Gasteiger partial charge in [0.1, 0.15) is 4.90 Å². The maximum atomic E-state index is 12.1. The topological polar surface area (TPSA) is 115 Å². The summed E-state index contributed by atoms with van der Waals surface area (Å²) in [6, 6.07) is 5.45. The second-order valence-corrected chi connectivity index (χ2v) is 6.17. The first kappa shape index (κ1) is 13.4. The van der Waals surface area contributed by atoms with Crippen LogP contribution < -0.4 is 16.2 Å². The Morgan fingerprint density at radius 2 is 2.00 bits per heavy atom. The first-order chi connectivity index (χ1) is 8.90. The maximum absolute atomic E-state index is 12.1. The average Bonchev–Trinajstić information content (AvgIpc) is 2.80. The number of carbonyl (C=O) groups is 1. The van der Waals surface area contributed by atoms with Crippen LogP contribution in [0.2, 0.25) is 0 Å². The van der Waals surface area contributed by atoms with Crippen molar-refractivity contribution in [2.45, 2.75) is 4.90 Å². The number of thiophene rings is 1. The normalized spacial score (nSPS) is 11.2. The molecule has 0 aliphatic heterocycles. The average molecular weight is 297 g/mol. The van der Waals surface area contributed by atoms with Crippen LogP contribution in [0.4, 0.5) is 11.4 Å². The molecule has 1 aromatic heterocycles. The van der Waals surface area contributed by atoms with Crippen LogP contribution >= 0.6 is 11.3 Å². The van der Waals surface area contributed by atoms with Crippen molar-refractivity contribution in [2.75, 3.05) is 10.5 Å². The fourth-order valence-corrected chi connectivity index (χ4v) is 3.31. The molecule has 5 N–H and O–H groups in total. The van der Waals surface area contributed by atoms with Gasteiger partial charge in [-0.2, -0.15) is 11.3 Å². The van der Waals surface area contributed by atoms with E-state index in [1.165, 1.54) is 29.5 Å². The molecule has 2 aromatic rings. The molecule has 1 aromatic carbocycles. The molecule has 100 valence electrons. The van der Waals surface area contributed by atoms with Crippen LogP contribution in [0.15, 0.2) is 39.9 Å². The summed E-state index contributed by atoms with van der Waals surface area (Å²) in [7, 11) is -3.78. The fraction of sp³-hybridized carbons (Fsp3) is 0. The van der Waals surface area contributed by atoms with Gasteiger partial charge in [0.15, 0.2) is 0 Å². The molecule has 0 saturated carbocycles. The molecule has 0 fully saturated rings. The number of benzene rings is 1. The Hall–Kier alpha value is -2.06. The molecule has 0 spiro atoms. The highest BCUT2D eigenvalue weighted by molar-refractivity contribution is 7.92. The minimum Gasteiger partial charge on any atom is -0.398 e. The van der Waals surface area contributed by atoms with E-state index in [0.29, 0.717) is 5.69 Å². The SMILES string of the molecule is NC(=O)c1ccc(S(=O)(=O)Nc2ccsc2)c(N)c1. The van der Waals surface area contributed by atoms with Crippen molar-refractivity contribution in [3.05, 3.63) is 40.6 Å². The van der Waals surface area contributed by atoms with Crippen LogP contribution in [0.25, 0.3) is 0 Å². The number of rotatable bonds is 4. The van der Waals surface area contributed by atoms with Crippen LogP contribution in [-0.2, 0) is 10.0 Å². The summed E-state index contributed by atoms with van der Waals surface area (Å²) in [5, 5.41) is 3.41. The number of nitrogens with two attached hydrogens (primary N) is 2. The number of hydrogen-bond donors (Lipinski definition) is 3. The summed E-state index contributed by atoms with van der Waals surface area (Å²) in [6.45, 7) is 0. The lowest BCUT2D eigenvalue weighted by molar-refractivity contribution is 0.1000. The molecule has 0 aliphatic rings. The Bertz CT molecular complexity index is 709. The molecule has 0 bridgehead atoms. The lowest BCUT2D eigenvalue weighted by Gasteiger charge is -2.09. The third kappa shape index (κ3) is 2.85. The summed E-state index contributed by atoms with van der Waals surface area (Å²) in [6.07, 6.45) is 0. The molecule has 8 heteroatoms. The van der Waals surface area contributed by atoms with E-state index in [9.17, 15) is 13.2 Å². The summed E-state index contributed by atoms with van der Waals surface area (Å²) in [5.41, 5.74) is 11.3. The number of anilines is 2. The van der Waals surface area contributed by atoms with Crippen LogP contribution in [-0.4, -0.2) is 14.3 Å². The molecule has 0 unspecified atom stereocenters. The Labute approximate surface area is 114 Å². The molecule has 1 heterocycles. The number of primary amides is 1. The molecule has 2 rings (SSSR count). The van der Waals surface area contributed by atoms with Gasteiger partial charge < -0.3 is 11.5 Å². The monoisotopic (exact) mass is 297 g/mol. The zero-order chi connectivity index (χ0) is 14.0. The van der Waals surface area contributed by atoms with Crippen LogP contribution in [0.1, 0.15) is 10.4 Å².